The van der Waals surface area contributed by atoms with Gasteiger partial charge in [-0.3, -0.25) is 0 Å². The number of nitrogens with two attached hydrogens (primary N) is 1. The molecular formula is C13H21ClN4O. The summed E-state index contributed by atoms with van der Waals surface area (Å²) in [7, 11) is 0. The van der Waals surface area contributed by atoms with Crippen molar-refractivity contribution in [1.29, 1.82) is 0 Å². The molecule has 19 heavy (non-hydrogen) atoms. The standard InChI is InChI=1S/C13H21ClN4O/c1-12(2)3-5-13(19,6-4-12)8-17-10-9(14)7-16-11(15)18-10/h7,19H,3-6,8H2,1-2H3,(H3,15,16,17,18). The zero-order chi connectivity index (χ0) is 14.1. The molecule has 0 bridgehead atoms. The number of aromatic nitrogens is 2. The lowest BCUT2D eigenvalue weighted by atomic mass is 9.71. The van der Waals surface area contributed by atoms with Crippen LogP contribution < -0.4 is 11.1 Å². The summed E-state index contributed by atoms with van der Waals surface area (Å²) in [5.41, 5.74) is 5.15. The van der Waals surface area contributed by atoms with Crippen molar-refractivity contribution in [2.45, 2.75) is 45.1 Å². The number of halogens is 1. The van der Waals surface area contributed by atoms with Crippen LogP contribution in [0, 0.1) is 5.41 Å². The maximum absolute atomic E-state index is 10.5. The number of hydrogen-bond acceptors (Lipinski definition) is 5. The van der Waals surface area contributed by atoms with E-state index in [4.69, 9.17) is 17.3 Å². The van der Waals surface area contributed by atoms with Crippen molar-refractivity contribution in [3.63, 3.8) is 0 Å². The van der Waals surface area contributed by atoms with Gasteiger partial charge >= 0.3 is 0 Å². The monoisotopic (exact) mass is 284 g/mol. The van der Waals surface area contributed by atoms with Gasteiger partial charge in [-0.2, -0.15) is 4.98 Å². The Morgan fingerprint density at radius 1 is 1.37 bits per heavy atom. The molecule has 1 aliphatic carbocycles. The lowest BCUT2D eigenvalue weighted by Gasteiger charge is -2.40. The van der Waals surface area contributed by atoms with Crippen molar-refractivity contribution in [1.82, 2.24) is 9.97 Å². The van der Waals surface area contributed by atoms with E-state index in [9.17, 15) is 5.11 Å². The first-order chi connectivity index (χ1) is 8.80. The highest BCUT2D eigenvalue weighted by atomic mass is 35.5. The van der Waals surface area contributed by atoms with Gasteiger partial charge in [-0.05, 0) is 31.1 Å². The fraction of sp³-hybridized carbons (Fsp3) is 0.692. The first-order valence-corrected chi connectivity index (χ1v) is 6.92. The fourth-order valence-corrected chi connectivity index (χ4v) is 2.48. The van der Waals surface area contributed by atoms with Gasteiger partial charge in [-0.25, -0.2) is 4.98 Å². The molecule has 2 rings (SSSR count). The van der Waals surface area contributed by atoms with Crippen LogP contribution >= 0.6 is 11.6 Å². The van der Waals surface area contributed by atoms with Crippen LogP contribution in [0.5, 0.6) is 0 Å². The molecule has 5 nitrogen and oxygen atoms in total. The Morgan fingerprint density at radius 3 is 2.63 bits per heavy atom. The molecule has 0 atom stereocenters. The number of nitrogens with one attached hydrogen (secondary N) is 1. The van der Waals surface area contributed by atoms with E-state index >= 15 is 0 Å². The summed E-state index contributed by atoms with van der Waals surface area (Å²) in [5.74, 6) is 0.649. The number of nitrogens with zero attached hydrogens (tertiary/aromatic N) is 2. The average Bonchev–Trinajstić information content (AvgIpc) is 2.35. The molecule has 0 saturated heterocycles. The first kappa shape index (κ1) is 14.3. The predicted octanol–water partition coefficient (Wildman–Crippen LogP) is 2.46. The smallest absolute Gasteiger partial charge is 0.222 e. The van der Waals surface area contributed by atoms with Gasteiger partial charge in [0.2, 0.25) is 5.95 Å². The van der Waals surface area contributed by atoms with Crippen LogP contribution in [-0.4, -0.2) is 27.2 Å². The second-order valence-electron chi connectivity index (χ2n) is 6.17. The summed E-state index contributed by atoms with van der Waals surface area (Å²) in [5, 5.41) is 14.0. The van der Waals surface area contributed by atoms with Crippen molar-refractivity contribution < 1.29 is 5.11 Å². The van der Waals surface area contributed by atoms with Crippen LogP contribution in [0.25, 0.3) is 0 Å². The van der Waals surface area contributed by atoms with Crippen molar-refractivity contribution in [2.24, 2.45) is 5.41 Å². The Labute approximate surface area is 118 Å². The van der Waals surface area contributed by atoms with Crippen LogP contribution in [0.4, 0.5) is 11.8 Å². The fourth-order valence-electron chi connectivity index (χ4n) is 2.32. The minimum absolute atomic E-state index is 0.170. The maximum atomic E-state index is 10.5. The molecule has 1 heterocycles. The Bertz CT molecular complexity index is 454. The third-order valence-electron chi connectivity index (χ3n) is 3.88. The van der Waals surface area contributed by atoms with E-state index in [-0.39, 0.29) is 5.95 Å². The summed E-state index contributed by atoms with van der Waals surface area (Å²) in [4.78, 5) is 7.83. The van der Waals surface area contributed by atoms with Gasteiger partial charge in [0.05, 0.1) is 11.8 Å². The molecule has 0 aliphatic heterocycles. The van der Waals surface area contributed by atoms with E-state index in [1.807, 2.05) is 0 Å². The molecule has 6 heteroatoms. The SMILES string of the molecule is CC1(C)CCC(O)(CNc2nc(N)ncc2Cl)CC1. The van der Waals surface area contributed by atoms with Gasteiger partial charge in [0.25, 0.3) is 0 Å². The number of hydrogen-bond donors (Lipinski definition) is 3. The van der Waals surface area contributed by atoms with Crippen molar-refractivity contribution >= 4 is 23.4 Å². The zero-order valence-electron chi connectivity index (χ0n) is 11.4. The average molecular weight is 285 g/mol. The molecular weight excluding hydrogens is 264 g/mol. The first-order valence-electron chi connectivity index (χ1n) is 6.54. The molecule has 106 valence electrons. The lowest BCUT2D eigenvalue weighted by Crippen LogP contribution is -2.42. The van der Waals surface area contributed by atoms with Crippen molar-refractivity contribution in [3.8, 4) is 0 Å². The summed E-state index contributed by atoms with van der Waals surface area (Å²) in [6.07, 6.45) is 5.06. The quantitative estimate of drug-likeness (QED) is 0.794. The van der Waals surface area contributed by atoms with Crippen LogP contribution in [0.3, 0.4) is 0 Å². The van der Waals surface area contributed by atoms with Gasteiger partial charge in [0.1, 0.15) is 5.02 Å². The topological polar surface area (TPSA) is 84.1 Å². The summed E-state index contributed by atoms with van der Waals surface area (Å²) < 4.78 is 0. The van der Waals surface area contributed by atoms with E-state index < -0.39 is 5.60 Å². The molecule has 0 spiro atoms. The van der Waals surface area contributed by atoms with Crippen molar-refractivity contribution in [3.05, 3.63) is 11.2 Å². The number of rotatable bonds is 3. The molecule has 1 aliphatic rings. The maximum Gasteiger partial charge on any atom is 0.222 e. The van der Waals surface area contributed by atoms with Crippen LogP contribution in [0.15, 0.2) is 6.20 Å². The molecule has 1 fully saturated rings. The van der Waals surface area contributed by atoms with Gasteiger partial charge in [0, 0.05) is 6.54 Å². The third-order valence-corrected chi connectivity index (χ3v) is 4.16. The normalized spacial score (nSPS) is 21.1. The highest BCUT2D eigenvalue weighted by Gasteiger charge is 2.36. The molecule has 1 aromatic rings. The zero-order valence-corrected chi connectivity index (χ0v) is 12.2. The Kier molecular flexibility index (Phi) is 3.87. The second kappa shape index (κ2) is 5.13. The molecule has 1 saturated carbocycles. The number of anilines is 2. The van der Waals surface area contributed by atoms with Gasteiger partial charge in [-0.15, -0.1) is 0 Å². The highest BCUT2D eigenvalue weighted by molar-refractivity contribution is 6.32. The van der Waals surface area contributed by atoms with E-state index in [1.54, 1.807) is 0 Å². The van der Waals surface area contributed by atoms with Crippen molar-refractivity contribution in [2.75, 3.05) is 17.6 Å². The molecule has 0 amide bonds. The van der Waals surface area contributed by atoms with Gasteiger partial charge in [0.15, 0.2) is 5.82 Å². The Hall–Kier alpha value is -1.07. The number of aliphatic hydroxyl groups is 1. The lowest BCUT2D eigenvalue weighted by molar-refractivity contribution is -0.0145. The molecule has 0 radical (unpaired) electrons. The largest absolute Gasteiger partial charge is 0.388 e. The van der Waals surface area contributed by atoms with Crippen LogP contribution in [-0.2, 0) is 0 Å². The molecule has 0 aromatic carbocycles. The summed E-state index contributed by atoms with van der Waals surface area (Å²) in [6.45, 7) is 4.91. The van der Waals surface area contributed by atoms with Crippen LogP contribution in [0.1, 0.15) is 39.5 Å². The van der Waals surface area contributed by atoms with Gasteiger partial charge in [-0.1, -0.05) is 25.4 Å². The van der Waals surface area contributed by atoms with Gasteiger partial charge < -0.3 is 16.2 Å². The minimum atomic E-state index is -0.696. The van der Waals surface area contributed by atoms with E-state index in [0.717, 1.165) is 25.7 Å². The Morgan fingerprint density at radius 2 is 2.00 bits per heavy atom. The van der Waals surface area contributed by atoms with E-state index in [0.29, 0.717) is 22.8 Å². The Balaban J connectivity index is 1.97. The summed E-state index contributed by atoms with van der Waals surface area (Å²) >= 11 is 5.98. The van der Waals surface area contributed by atoms with E-state index in [1.165, 1.54) is 6.20 Å². The highest BCUT2D eigenvalue weighted by Crippen LogP contribution is 2.40. The van der Waals surface area contributed by atoms with Crippen LogP contribution in [0.2, 0.25) is 5.02 Å². The molecule has 0 unspecified atom stereocenters. The summed E-state index contributed by atoms with van der Waals surface area (Å²) in [6, 6.07) is 0. The molecule has 1 aromatic heterocycles. The number of nitrogen functional groups attached to an aromatic ring is 1. The minimum Gasteiger partial charge on any atom is -0.388 e. The predicted molar refractivity (Wildman–Crippen MR) is 77.1 cm³/mol. The van der Waals surface area contributed by atoms with E-state index in [2.05, 4.69) is 29.1 Å². The third kappa shape index (κ3) is 3.70. The molecule has 4 N–H and O–H groups in total. The second-order valence-corrected chi connectivity index (χ2v) is 6.57.